The van der Waals surface area contributed by atoms with E-state index in [-0.39, 0.29) is 24.0 Å². The standard InChI is InChI=1S/C16H28N4.HI/c1-18(2)16(19(3)4)17-13-9-10-14-20(5)15-11-7-6-8-12-15;/h6-8,11-12H,9-10,13-14H2,1-5H3;1H. The van der Waals surface area contributed by atoms with Crippen LogP contribution < -0.4 is 4.90 Å². The number of hydrogen-bond acceptors (Lipinski definition) is 2. The zero-order chi connectivity index (χ0) is 15.0. The van der Waals surface area contributed by atoms with Crippen LogP contribution in [0.3, 0.4) is 0 Å². The van der Waals surface area contributed by atoms with E-state index in [0.29, 0.717) is 0 Å². The molecule has 0 spiro atoms. The minimum absolute atomic E-state index is 0. The summed E-state index contributed by atoms with van der Waals surface area (Å²) < 4.78 is 0. The van der Waals surface area contributed by atoms with E-state index < -0.39 is 0 Å². The second-order valence-corrected chi connectivity index (χ2v) is 5.43. The molecule has 1 aromatic carbocycles. The minimum atomic E-state index is 0. The van der Waals surface area contributed by atoms with Crippen LogP contribution in [0.15, 0.2) is 35.3 Å². The van der Waals surface area contributed by atoms with Gasteiger partial charge in [-0.25, -0.2) is 0 Å². The average Bonchev–Trinajstić information content (AvgIpc) is 2.42. The van der Waals surface area contributed by atoms with Gasteiger partial charge in [-0.2, -0.15) is 0 Å². The molecule has 0 bridgehead atoms. The lowest BCUT2D eigenvalue weighted by molar-refractivity contribution is 0.478. The lowest BCUT2D eigenvalue weighted by Crippen LogP contribution is -2.35. The molecule has 120 valence electrons. The van der Waals surface area contributed by atoms with Gasteiger partial charge in [0.25, 0.3) is 0 Å². The number of unbranched alkanes of at least 4 members (excludes halogenated alkanes) is 1. The van der Waals surface area contributed by atoms with Crippen molar-refractivity contribution in [1.29, 1.82) is 0 Å². The Morgan fingerprint density at radius 1 is 0.905 bits per heavy atom. The minimum Gasteiger partial charge on any atom is -0.375 e. The molecule has 0 atom stereocenters. The van der Waals surface area contributed by atoms with Crippen molar-refractivity contribution in [2.75, 3.05) is 53.2 Å². The van der Waals surface area contributed by atoms with E-state index in [1.807, 2.05) is 28.2 Å². The summed E-state index contributed by atoms with van der Waals surface area (Å²) in [6, 6.07) is 10.5. The molecule has 21 heavy (non-hydrogen) atoms. The zero-order valence-corrected chi connectivity index (χ0v) is 16.2. The van der Waals surface area contributed by atoms with Crippen LogP contribution in [0, 0.1) is 0 Å². The van der Waals surface area contributed by atoms with Crippen LogP contribution in [-0.4, -0.2) is 64.1 Å². The number of benzene rings is 1. The Bertz CT molecular complexity index is 394. The molecule has 0 aromatic heterocycles. The van der Waals surface area contributed by atoms with E-state index in [0.717, 1.165) is 31.9 Å². The number of anilines is 1. The van der Waals surface area contributed by atoms with Crippen LogP contribution in [0.4, 0.5) is 5.69 Å². The van der Waals surface area contributed by atoms with Crippen molar-refractivity contribution in [3.05, 3.63) is 30.3 Å². The number of para-hydroxylation sites is 1. The van der Waals surface area contributed by atoms with Crippen molar-refractivity contribution in [3.8, 4) is 0 Å². The Morgan fingerprint density at radius 2 is 1.48 bits per heavy atom. The highest BCUT2D eigenvalue weighted by atomic mass is 127. The summed E-state index contributed by atoms with van der Waals surface area (Å²) in [5, 5.41) is 0. The first-order valence-electron chi connectivity index (χ1n) is 7.17. The van der Waals surface area contributed by atoms with E-state index in [1.165, 1.54) is 5.69 Å². The molecule has 0 aliphatic carbocycles. The largest absolute Gasteiger partial charge is 0.375 e. The van der Waals surface area contributed by atoms with Crippen LogP contribution in [0.5, 0.6) is 0 Å². The monoisotopic (exact) mass is 404 g/mol. The zero-order valence-electron chi connectivity index (χ0n) is 13.9. The number of rotatable bonds is 6. The molecule has 0 amide bonds. The molecule has 0 N–H and O–H groups in total. The van der Waals surface area contributed by atoms with Gasteiger partial charge in [-0.15, -0.1) is 24.0 Å². The Hall–Kier alpha value is -0.980. The van der Waals surface area contributed by atoms with Gasteiger partial charge in [0.2, 0.25) is 0 Å². The van der Waals surface area contributed by atoms with Crippen molar-refractivity contribution in [2.45, 2.75) is 12.8 Å². The highest BCUT2D eigenvalue weighted by molar-refractivity contribution is 14.0. The number of hydrogen-bond donors (Lipinski definition) is 0. The molecule has 0 aliphatic rings. The Balaban J connectivity index is 0.00000400. The summed E-state index contributed by atoms with van der Waals surface area (Å²) in [6.45, 7) is 1.95. The topological polar surface area (TPSA) is 22.1 Å². The van der Waals surface area contributed by atoms with Gasteiger partial charge < -0.3 is 14.7 Å². The highest BCUT2D eigenvalue weighted by Crippen LogP contribution is 2.11. The molecule has 1 aromatic rings. The summed E-state index contributed by atoms with van der Waals surface area (Å²) in [5.74, 6) is 1.03. The van der Waals surface area contributed by atoms with Crippen molar-refractivity contribution in [1.82, 2.24) is 9.80 Å². The van der Waals surface area contributed by atoms with Gasteiger partial charge in [-0.1, -0.05) is 18.2 Å². The maximum Gasteiger partial charge on any atom is 0.195 e. The quantitative estimate of drug-likeness (QED) is 0.315. The SMILES string of the molecule is CN(C)C(=NCCCCN(C)c1ccccc1)N(C)C.I. The lowest BCUT2D eigenvalue weighted by Gasteiger charge is -2.23. The molecule has 5 heteroatoms. The molecular formula is C16H29IN4. The van der Waals surface area contributed by atoms with E-state index in [1.54, 1.807) is 0 Å². The third kappa shape index (κ3) is 7.55. The maximum atomic E-state index is 4.64. The second-order valence-electron chi connectivity index (χ2n) is 5.43. The molecule has 0 heterocycles. The van der Waals surface area contributed by atoms with Gasteiger partial charge in [-0.3, -0.25) is 4.99 Å². The van der Waals surface area contributed by atoms with E-state index in [2.05, 4.69) is 57.1 Å². The smallest absolute Gasteiger partial charge is 0.195 e. The number of halogens is 1. The van der Waals surface area contributed by atoms with Gasteiger partial charge in [0, 0.05) is 54.0 Å². The summed E-state index contributed by atoms with van der Waals surface area (Å²) in [4.78, 5) is 11.0. The van der Waals surface area contributed by atoms with Crippen molar-refractivity contribution >= 4 is 35.6 Å². The first kappa shape index (κ1) is 20.0. The van der Waals surface area contributed by atoms with Gasteiger partial charge >= 0.3 is 0 Å². The third-order valence-electron chi connectivity index (χ3n) is 3.15. The van der Waals surface area contributed by atoms with Gasteiger partial charge in [0.1, 0.15) is 0 Å². The fraction of sp³-hybridized carbons (Fsp3) is 0.562. The maximum absolute atomic E-state index is 4.64. The number of guanidine groups is 1. The van der Waals surface area contributed by atoms with Gasteiger partial charge in [0.15, 0.2) is 5.96 Å². The normalized spacial score (nSPS) is 9.57. The summed E-state index contributed by atoms with van der Waals surface area (Å²) in [5.41, 5.74) is 1.28. The van der Waals surface area contributed by atoms with Crippen LogP contribution in [-0.2, 0) is 0 Å². The van der Waals surface area contributed by atoms with Gasteiger partial charge in [0.05, 0.1) is 0 Å². The molecular weight excluding hydrogens is 375 g/mol. The average molecular weight is 404 g/mol. The van der Waals surface area contributed by atoms with Crippen molar-refractivity contribution in [2.24, 2.45) is 4.99 Å². The molecule has 0 saturated heterocycles. The first-order chi connectivity index (χ1) is 9.52. The Kier molecular flexibility index (Phi) is 10.2. The molecule has 0 fully saturated rings. The molecule has 0 unspecified atom stereocenters. The number of aliphatic imine (C=N–C) groups is 1. The third-order valence-corrected chi connectivity index (χ3v) is 3.15. The predicted octanol–water partition coefficient (Wildman–Crippen LogP) is 3.00. The summed E-state index contributed by atoms with van der Waals surface area (Å²) in [7, 11) is 10.3. The molecule has 0 aliphatic heterocycles. The predicted molar refractivity (Wildman–Crippen MR) is 104 cm³/mol. The molecule has 0 saturated carbocycles. The van der Waals surface area contributed by atoms with Crippen LogP contribution in [0.25, 0.3) is 0 Å². The lowest BCUT2D eigenvalue weighted by atomic mass is 10.2. The van der Waals surface area contributed by atoms with E-state index >= 15 is 0 Å². The van der Waals surface area contributed by atoms with Gasteiger partial charge in [-0.05, 0) is 25.0 Å². The Labute approximate surface area is 146 Å². The van der Waals surface area contributed by atoms with Crippen molar-refractivity contribution in [3.63, 3.8) is 0 Å². The molecule has 0 radical (unpaired) electrons. The van der Waals surface area contributed by atoms with E-state index in [9.17, 15) is 0 Å². The Morgan fingerprint density at radius 3 is 2.00 bits per heavy atom. The summed E-state index contributed by atoms with van der Waals surface area (Å²) >= 11 is 0. The number of nitrogens with zero attached hydrogens (tertiary/aromatic N) is 4. The van der Waals surface area contributed by atoms with Crippen LogP contribution in [0.1, 0.15) is 12.8 Å². The first-order valence-corrected chi connectivity index (χ1v) is 7.17. The molecule has 1 rings (SSSR count). The fourth-order valence-electron chi connectivity index (χ4n) is 2.13. The van der Waals surface area contributed by atoms with Crippen LogP contribution >= 0.6 is 24.0 Å². The highest BCUT2D eigenvalue weighted by Gasteiger charge is 2.03. The van der Waals surface area contributed by atoms with E-state index in [4.69, 9.17) is 0 Å². The molecule has 4 nitrogen and oxygen atoms in total. The van der Waals surface area contributed by atoms with Crippen molar-refractivity contribution < 1.29 is 0 Å². The fourth-order valence-corrected chi connectivity index (χ4v) is 2.13. The second kappa shape index (κ2) is 10.7. The summed E-state index contributed by atoms with van der Waals surface area (Å²) in [6.07, 6.45) is 2.27. The van der Waals surface area contributed by atoms with Crippen LogP contribution in [0.2, 0.25) is 0 Å².